The Morgan fingerprint density at radius 1 is 1.30 bits per heavy atom. The van der Waals surface area contributed by atoms with Crippen LogP contribution < -0.4 is 16.0 Å². The van der Waals surface area contributed by atoms with E-state index in [2.05, 4.69) is 54.9 Å². The Bertz CT molecular complexity index is 738. The molecule has 0 radical (unpaired) electrons. The van der Waals surface area contributed by atoms with Crippen LogP contribution in [-0.2, 0) is 4.79 Å². The molecule has 1 aromatic rings. The van der Waals surface area contributed by atoms with Crippen LogP contribution in [0.15, 0.2) is 29.3 Å². The van der Waals surface area contributed by atoms with Gasteiger partial charge in [0.2, 0.25) is 5.91 Å². The summed E-state index contributed by atoms with van der Waals surface area (Å²) in [6.07, 6.45) is 5.48. The topological polar surface area (TPSA) is 68.8 Å². The summed E-state index contributed by atoms with van der Waals surface area (Å²) in [6.45, 7) is 6.75. The third-order valence-electron chi connectivity index (χ3n) is 6.51. The average Bonchev–Trinajstić information content (AvgIpc) is 2.69. The van der Waals surface area contributed by atoms with Crippen LogP contribution in [0, 0.1) is 5.92 Å². The number of amides is 1. The van der Waals surface area contributed by atoms with Crippen molar-refractivity contribution in [2.24, 2.45) is 10.9 Å². The van der Waals surface area contributed by atoms with Gasteiger partial charge >= 0.3 is 0 Å². The first-order chi connectivity index (χ1) is 13.9. The fourth-order valence-corrected chi connectivity index (χ4v) is 4.80. The zero-order valence-electron chi connectivity index (χ0n) is 18.8. The van der Waals surface area contributed by atoms with Crippen LogP contribution in [0.25, 0.3) is 0 Å². The van der Waals surface area contributed by atoms with Gasteiger partial charge in [0.05, 0.1) is 6.54 Å². The number of nitrogens with zero attached hydrogens (tertiary/aromatic N) is 2. The van der Waals surface area contributed by atoms with Crippen molar-refractivity contribution in [1.29, 1.82) is 0 Å². The van der Waals surface area contributed by atoms with Gasteiger partial charge in [0.15, 0.2) is 5.96 Å². The van der Waals surface area contributed by atoms with E-state index in [1.807, 2.05) is 18.2 Å². The summed E-state index contributed by atoms with van der Waals surface area (Å²) >= 11 is 0. The smallest absolute Gasteiger partial charge is 0.225 e. The molecule has 1 aliphatic carbocycles. The molecule has 3 atom stereocenters. The lowest BCUT2D eigenvalue weighted by Crippen LogP contribution is -2.51. The Hall–Kier alpha value is -1.35. The van der Waals surface area contributed by atoms with Crippen LogP contribution in [-0.4, -0.2) is 56.0 Å². The Balaban J connectivity index is 0.00000320. The summed E-state index contributed by atoms with van der Waals surface area (Å²) in [5.41, 5.74) is 2.26. The van der Waals surface area contributed by atoms with Crippen LogP contribution in [0.5, 0.6) is 0 Å². The fraction of sp³-hybridized carbons (Fsp3) is 0.652. The first kappa shape index (κ1) is 24.9. The highest BCUT2D eigenvalue weighted by atomic mass is 127. The first-order valence-corrected chi connectivity index (χ1v) is 11.0. The second-order valence-electron chi connectivity index (χ2n) is 8.93. The van der Waals surface area contributed by atoms with Crippen molar-refractivity contribution in [3.05, 3.63) is 29.8 Å². The number of guanidine groups is 1. The predicted octanol–water partition coefficient (Wildman–Crippen LogP) is 3.80. The van der Waals surface area contributed by atoms with Gasteiger partial charge in [0.25, 0.3) is 0 Å². The molecule has 30 heavy (non-hydrogen) atoms. The number of para-hydroxylation sites is 1. The highest BCUT2D eigenvalue weighted by molar-refractivity contribution is 14.0. The number of hydrogen-bond donors (Lipinski definition) is 3. The van der Waals surface area contributed by atoms with E-state index < -0.39 is 0 Å². The molecule has 1 saturated carbocycles. The van der Waals surface area contributed by atoms with Crippen molar-refractivity contribution >= 4 is 41.5 Å². The normalized spacial score (nSPS) is 26.4. The zero-order chi connectivity index (χ0) is 20.9. The standard InChI is InChI=1S/C23H37N5O.HI/c1-5-24-22(26-16-23(28(3)4)12-8-9-17(2)14-23)25-15-18-13-21(29)27-20-11-7-6-10-19(18)20;/h6-7,10-11,17-18H,5,8-9,12-16H2,1-4H3,(H,27,29)(H2,24,25,26);1H. The van der Waals surface area contributed by atoms with E-state index in [0.29, 0.717) is 13.0 Å². The number of benzene rings is 1. The van der Waals surface area contributed by atoms with E-state index in [-0.39, 0.29) is 41.3 Å². The summed E-state index contributed by atoms with van der Waals surface area (Å²) in [6, 6.07) is 8.08. The van der Waals surface area contributed by atoms with Gasteiger partial charge in [-0.3, -0.25) is 9.79 Å². The second kappa shape index (κ2) is 11.3. The van der Waals surface area contributed by atoms with Crippen LogP contribution >= 0.6 is 24.0 Å². The number of nitrogens with one attached hydrogen (secondary N) is 3. The highest BCUT2D eigenvalue weighted by Gasteiger charge is 2.37. The molecule has 0 aromatic heterocycles. The third kappa shape index (κ3) is 6.09. The lowest BCUT2D eigenvalue weighted by Gasteiger charge is -2.44. The van der Waals surface area contributed by atoms with Crippen molar-refractivity contribution < 1.29 is 4.79 Å². The molecule has 7 heteroatoms. The maximum absolute atomic E-state index is 12.1. The molecular formula is C23H38IN5O. The molecule has 1 heterocycles. The average molecular weight is 527 g/mol. The van der Waals surface area contributed by atoms with Crippen molar-refractivity contribution in [3.8, 4) is 0 Å². The highest BCUT2D eigenvalue weighted by Crippen LogP contribution is 2.36. The minimum Gasteiger partial charge on any atom is -0.357 e. The molecule has 1 fully saturated rings. The number of likely N-dealkylation sites (N-methyl/N-ethyl adjacent to an activating group) is 1. The molecule has 1 aromatic carbocycles. The molecule has 2 aliphatic rings. The SMILES string of the molecule is CCNC(=NCC1(N(C)C)CCCC(C)C1)NCC1CC(=O)Nc2ccccc21.I. The van der Waals surface area contributed by atoms with E-state index >= 15 is 0 Å². The molecule has 1 amide bonds. The number of halogens is 1. The molecule has 0 spiro atoms. The molecule has 0 saturated heterocycles. The van der Waals surface area contributed by atoms with E-state index in [1.54, 1.807) is 0 Å². The minimum atomic E-state index is 0. The molecule has 3 rings (SSSR count). The van der Waals surface area contributed by atoms with E-state index in [0.717, 1.165) is 30.7 Å². The minimum absolute atomic E-state index is 0. The van der Waals surface area contributed by atoms with Crippen molar-refractivity contribution in [3.63, 3.8) is 0 Å². The van der Waals surface area contributed by atoms with E-state index in [4.69, 9.17) is 4.99 Å². The molecule has 1 aliphatic heterocycles. The summed E-state index contributed by atoms with van der Waals surface area (Å²) in [5, 5.41) is 9.86. The number of carbonyl (C=O) groups is 1. The van der Waals surface area contributed by atoms with Gasteiger partial charge in [-0.2, -0.15) is 0 Å². The largest absolute Gasteiger partial charge is 0.357 e. The second-order valence-corrected chi connectivity index (χ2v) is 8.93. The van der Waals surface area contributed by atoms with Crippen molar-refractivity contribution in [2.75, 3.05) is 39.0 Å². The maximum Gasteiger partial charge on any atom is 0.225 e. The number of rotatable bonds is 6. The number of carbonyl (C=O) groups excluding carboxylic acids is 1. The van der Waals surface area contributed by atoms with Gasteiger partial charge in [-0.05, 0) is 51.4 Å². The van der Waals surface area contributed by atoms with Gasteiger partial charge in [0.1, 0.15) is 0 Å². The number of hydrogen-bond acceptors (Lipinski definition) is 3. The van der Waals surface area contributed by atoms with Crippen LogP contribution in [0.4, 0.5) is 5.69 Å². The van der Waals surface area contributed by atoms with Crippen LogP contribution in [0.2, 0.25) is 0 Å². The summed E-state index contributed by atoms with van der Waals surface area (Å²) in [5.74, 6) is 1.83. The summed E-state index contributed by atoms with van der Waals surface area (Å²) in [7, 11) is 4.37. The van der Waals surface area contributed by atoms with E-state index in [9.17, 15) is 4.79 Å². The molecule has 3 unspecified atom stereocenters. The number of aliphatic imine (C=N–C) groups is 1. The molecule has 0 bridgehead atoms. The Morgan fingerprint density at radius 3 is 2.77 bits per heavy atom. The Labute approximate surface area is 198 Å². The van der Waals surface area contributed by atoms with Crippen molar-refractivity contribution in [2.45, 2.75) is 57.4 Å². The van der Waals surface area contributed by atoms with Crippen LogP contribution in [0.3, 0.4) is 0 Å². The van der Waals surface area contributed by atoms with Gasteiger partial charge in [-0.1, -0.05) is 38.0 Å². The quantitative estimate of drug-likeness (QED) is 0.299. The van der Waals surface area contributed by atoms with E-state index in [1.165, 1.54) is 31.2 Å². The summed E-state index contributed by atoms with van der Waals surface area (Å²) in [4.78, 5) is 19.4. The van der Waals surface area contributed by atoms with Crippen molar-refractivity contribution in [1.82, 2.24) is 15.5 Å². The Kier molecular flexibility index (Phi) is 9.40. The first-order valence-electron chi connectivity index (χ1n) is 11.0. The number of fused-ring (bicyclic) bond motifs is 1. The molecule has 6 nitrogen and oxygen atoms in total. The lowest BCUT2D eigenvalue weighted by atomic mass is 9.75. The van der Waals surface area contributed by atoms with Gasteiger partial charge in [-0.25, -0.2) is 0 Å². The Morgan fingerprint density at radius 2 is 2.07 bits per heavy atom. The maximum atomic E-state index is 12.1. The molecular weight excluding hydrogens is 489 g/mol. The fourth-order valence-electron chi connectivity index (χ4n) is 4.80. The van der Waals surface area contributed by atoms with Crippen LogP contribution in [0.1, 0.15) is 57.4 Å². The monoisotopic (exact) mass is 527 g/mol. The molecule has 168 valence electrons. The predicted molar refractivity (Wildman–Crippen MR) is 136 cm³/mol. The van der Waals surface area contributed by atoms with Gasteiger partial charge in [0, 0.05) is 36.7 Å². The van der Waals surface area contributed by atoms with Gasteiger partial charge < -0.3 is 20.9 Å². The lowest BCUT2D eigenvalue weighted by molar-refractivity contribution is -0.116. The third-order valence-corrected chi connectivity index (χ3v) is 6.51. The van der Waals surface area contributed by atoms with Gasteiger partial charge in [-0.15, -0.1) is 24.0 Å². The summed E-state index contributed by atoms with van der Waals surface area (Å²) < 4.78 is 0. The zero-order valence-corrected chi connectivity index (χ0v) is 21.2. The molecule has 3 N–H and O–H groups in total. The number of anilines is 1.